The van der Waals surface area contributed by atoms with Crippen LogP contribution in [0.15, 0.2) is 0 Å². The molecule has 0 bridgehead atoms. The number of amides is 2. The van der Waals surface area contributed by atoms with E-state index in [9.17, 15) is 9.59 Å². The zero-order valence-electron chi connectivity index (χ0n) is 16.8. The predicted molar refractivity (Wildman–Crippen MR) is 102 cm³/mol. The summed E-state index contributed by atoms with van der Waals surface area (Å²) < 4.78 is 5.21. The Balaban J connectivity index is 2.66. The first-order valence-corrected chi connectivity index (χ1v) is 9.15. The second kappa shape index (κ2) is 9.00. The largest absolute Gasteiger partial charge is 0.444 e. The molecule has 0 spiro atoms. The number of alkyl carbamates (subject to hydrolysis) is 1. The highest BCUT2D eigenvalue weighted by molar-refractivity contribution is 6.01. The van der Waals surface area contributed by atoms with Crippen LogP contribution < -0.4 is 5.32 Å². The Morgan fingerprint density at radius 3 is 2.35 bits per heavy atom. The van der Waals surface area contributed by atoms with Gasteiger partial charge in [-0.3, -0.25) is 15.6 Å². The van der Waals surface area contributed by atoms with Crippen LogP contribution in [0.5, 0.6) is 0 Å². The lowest BCUT2D eigenvalue weighted by atomic mass is 10.1. The molecule has 3 N–H and O–H groups in total. The van der Waals surface area contributed by atoms with E-state index >= 15 is 0 Å². The average molecular weight is 367 g/mol. The molecule has 0 aromatic carbocycles. The minimum atomic E-state index is -0.681. The summed E-state index contributed by atoms with van der Waals surface area (Å²) in [6, 6.07) is -0.681. The molecule has 0 saturated carbocycles. The number of amidine groups is 2. The number of piperazine rings is 1. The average Bonchev–Trinajstić information content (AvgIpc) is 2.49. The molecule has 148 valence electrons. The maximum absolute atomic E-state index is 12.7. The molecule has 1 fully saturated rings. The molecule has 0 aliphatic carbocycles. The van der Waals surface area contributed by atoms with Crippen LogP contribution in [-0.2, 0) is 9.53 Å². The van der Waals surface area contributed by atoms with Gasteiger partial charge in [0.25, 0.3) is 0 Å². The summed E-state index contributed by atoms with van der Waals surface area (Å²) in [4.78, 5) is 27.9. The van der Waals surface area contributed by atoms with Gasteiger partial charge < -0.3 is 19.9 Å². The summed E-state index contributed by atoms with van der Waals surface area (Å²) in [7, 11) is 0. The Bertz CT molecular complexity index is 554. The SMILES string of the molecule is CCC(NC(=O)OC(C)(C)C)C(=O)N1CCN(C(=N)CC(C)C)C(=N)C1. The molecule has 0 aromatic rings. The highest BCUT2D eigenvalue weighted by Crippen LogP contribution is 2.12. The lowest BCUT2D eigenvalue weighted by Gasteiger charge is -2.38. The van der Waals surface area contributed by atoms with E-state index in [4.69, 9.17) is 15.6 Å². The summed E-state index contributed by atoms with van der Waals surface area (Å²) in [6.45, 7) is 12.2. The van der Waals surface area contributed by atoms with Crippen LogP contribution in [-0.4, -0.2) is 64.7 Å². The van der Waals surface area contributed by atoms with Crippen LogP contribution in [0.3, 0.4) is 0 Å². The number of ether oxygens (including phenoxy) is 1. The molecular weight excluding hydrogens is 334 g/mol. The number of hydrogen-bond donors (Lipinski definition) is 3. The number of nitrogens with one attached hydrogen (secondary N) is 3. The fourth-order valence-electron chi connectivity index (χ4n) is 2.69. The van der Waals surface area contributed by atoms with Crippen molar-refractivity contribution in [3.05, 3.63) is 0 Å². The zero-order chi connectivity index (χ0) is 20.1. The Hall–Kier alpha value is -2.12. The van der Waals surface area contributed by atoms with E-state index in [1.165, 1.54) is 0 Å². The minimum absolute atomic E-state index is 0.145. The number of carbonyl (C=O) groups excluding carboxylic acids is 2. The molecule has 8 heteroatoms. The van der Waals surface area contributed by atoms with Gasteiger partial charge >= 0.3 is 6.09 Å². The highest BCUT2D eigenvalue weighted by atomic mass is 16.6. The molecule has 2 amide bonds. The first-order valence-electron chi connectivity index (χ1n) is 9.15. The van der Waals surface area contributed by atoms with Gasteiger partial charge in [0.1, 0.15) is 23.3 Å². The monoisotopic (exact) mass is 367 g/mol. The maximum Gasteiger partial charge on any atom is 0.408 e. The number of nitrogens with zero attached hydrogens (tertiary/aromatic N) is 2. The number of hydrogen-bond acceptors (Lipinski definition) is 5. The summed E-state index contributed by atoms with van der Waals surface area (Å²) in [5, 5.41) is 18.9. The number of carbonyl (C=O) groups is 2. The first-order chi connectivity index (χ1) is 11.9. The van der Waals surface area contributed by atoms with Gasteiger partial charge in [0.15, 0.2) is 0 Å². The van der Waals surface area contributed by atoms with Crippen molar-refractivity contribution in [2.24, 2.45) is 5.92 Å². The molecular formula is C18H33N5O3. The van der Waals surface area contributed by atoms with E-state index in [1.54, 1.807) is 30.6 Å². The molecule has 1 heterocycles. The molecule has 0 radical (unpaired) electrons. The van der Waals surface area contributed by atoms with Crippen molar-refractivity contribution < 1.29 is 14.3 Å². The van der Waals surface area contributed by atoms with Crippen molar-refractivity contribution in [3.63, 3.8) is 0 Å². The molecule has 1 saturated heterocycles. The molecule has 1 atom stereocenters. The van der Waals surface area contributed by atoms with Gasteiger partial charge in [-0.15, -0.1) is 0 Å². The summed E-state index contributed by atoms with van der Waals surface area (Å²) in [6.07, 6.45) is 0.424. The van der Waals surface area contributed by atoms with Gasteiger partial charge in [0.2, 0.25) is 5.91 Å². The molecule has 8 nitrogen and oxygen atoms in total. The third kappa shape index (κ3) is 6.65. The van der Waals surface area contributed by atoms with Crippen molar-refractivity contribution in [2.45, 2.75) is 66.0 Å². The Kier molecular flexibility index (Phi) is 7.59. The second-order valence-electron chi connectivity index (χ2n) is 8.01. The van der Waals surface area contributed by atoms with Crippen molar-refractivity contribution >= 4 is 23.7 Å². The predicted octanol–water partition coefficient (Wildman–Crippen LogP) is 2.43. The van der Waals surface area contributed by atoms with Crippen LogP contribution >= 0.6 is 0 Å². The Morgan fingerprint density at radius 1 is 1.27 bits per heavy atom. The van der Waals surface area contributed by atoms with Gasteiger partial charge in [-0.05, 0) is 33.1 Å². The fraction of sp³-hybridized carbons (Fsp3) is 0.778. The third-order valence-corrected chi connectivity index (χ3v) is 3.90. The summed E-state index contributed by atoms with van der Waals surface area (Å²) in [5.41, 5.74) is -0.629. The molecule has 1 rings (SSSR count). The highest BCUT2D eigenvalue weighted by Gasteiger charge is 2.31. The normalized spacial score (nSPS) is 16.5. The zero-order valence-corrected chi connectivity index (χ0v) is 16.8. The van der Waals surface area contributed by atoms with Crippen molar-refractivity contribution in [2.75, 3.05) is 19.6 Å². The third-order valence-electron chi connectivity index (χ3n) is 3.90. The molecule has 1 aliphatic rings. The molecule has 0 aromatic heterocycles. The number of rotatable bonds is 5. The Morgan fingerprint density at radius 2 is 1.88 bits per heavy atom. The van der Waals surface area contributed by atoms with E-state index in [1.807, 2.05) is 20.8 Å². The summed E-state index contributed by atoms with van der Waals surface area (Å²) in [5.74, 6) is 0.772. The minimum Gasteiger partial charge on any atom is -0.444 e. The van der Waals surface area contributed by atoms with E-state index in [-0.39, 0.29) is 18.3 Å². The van der Waals surface area contributed by atoms with Gasteiger partial charge in [-0.1, -0.05) is 20.8 Å². The van der Waals surface area contributed by atoms with Crippen molar-refractivity contribution in [1.29, 1.82) is 10.8 Å². The van der Waals surface area contributed by atoms with Crippen LogP contribution in [0.1, 0.15) is 54.4 Å². The Labute approximate surface area is 156 Å². The van der Waals surface area contributed by atoms with Crippen molar-refractivity contribution in [1.82, 2.24) is 15.1 Å². The lowest BCUT2D eigenvalue weighted by Crippen LogP contribution is -2.58. The first kappa shape index (κ1) is 21.9. The lowest BCUT2D eigenvalue weighted by molar-refractivity contribution is -0.133. The molecule has 26 heavy (non-hydrogen) atoms. The smallest absolute Gasteiger partial charge is 0.408 e. The fourth-order valence-corrected chi connectivity index (χ4v) is 2.69. The van der Waals surface area contributed by atoms with E-state index in [0.29, 0.717) is 37.7 Å². The quantitative estimate of drug-likeness (QED) is 0.512. The second-order valence-corrected chi connectivity index (χ2v) is 8.01. The van der Waals surface area contributed by atoms with Crippen LogP contribution in [0.25, 0.3) is 0 Å². The van der Waals surface area contributed by atoms with Gasteiger partial charge in [0.05, 0.1) is 6.54 Å². The van der Waals surface area contributed by atoms with E-state index < -0.39 is 17.7 Å². The van der Waals surface area contributed by atoms with E-state index in [0.717, 1.165) is 0 Å². The summed E-state index contributed by atoms with van der Waals surface area (Å²) >= 11 is 0. The molecule has 1 unspecified atom stereocenters. The standard InChI is InChI=1S/C18H33N5O3/c1-7-13(21-17(25)26-18(4,5)6)16(24)22-8-9-23(15(20)11-22)14(19)10-12(2)3/h12-13,19-20H,7-11H2,1-6H3,(H,21,25). The van der Waals surface area contributed by atoms with Gasteiger partial charge in [-0.2, -0.15) is 0 Å². The van der Waals surface area contributed by atoms with Crippen LogP contribution in [0.2, 0.25) is 0 Å². The van der Waals surface area contributed by atoms with Crippen LogP contribution in [0, 0.1) is 16.7 Å². The maximum atomic E-state index is 12.7. The molecule has 1 aliphatic heterocycles. The topological polar surface area (TPSA) is 110 Å². The van der Waals surface area contributed by atoms with Crippen molar-refractivity contribution in [3.8, 4) is 0 Å². The van der Waals surface area contributed by atoms with Crippen LogP contribution in [0.4, 0.5) is 4.79 Å². The van der Waals surface area contributed by atoms with Gasteiger partial charge in [-0.25, -0.2) is 4.79 Å². The van der Waals surface area contributed by atoms with E-state index in [2.05, 4.69) is 5.32 Å². The van der Waals surface area contributed by atoms with Gasteiger partial charge in [0, 0.05) is 19.5 Å².